The third-order valence-corrected chi connectivity index (χ3v) is 4.80. The number of hydrogen-bond donors (Lipinski definition) is 1. The van der Waals surface area contributed by atoms with Gasteiger partial charge in [-0.05, 0) is 45.1 Å². The third-order valence-electron chi connectivity index (χ3n) is 4.80. The van der Waals surface area contributed by atoms with Crippen LogP contribution in [0.3, 0.4) is 0 Å². The first kappa shape index (κ1) is 13.1. The molecule has 0 bridgehead atoms. The van der Waals surface area contributed by atoms with Gasteiger partial charge < -0.3 is 5.32 Å². The van der Waals surface area contributed by atoms with Gasteiger partial charge in [0.2, 0.25) is 5.91 Å². The molecule has 0 radical (unpaired) electrons. The number of rotatable bonds is 5. The van der Waals surface area contributed by atoms with Crippen LogP contribution < -0.4 is 5.32 Å². The predicted molar refractivity (Wildman–Crippen MR) is 72.7 cm³/mol. The normalized spacial score (nSPS) is 31.9. The molecule has 4 nitrogen and oxygen atoms in total. The first-order valence-corrected chi connectivity index (χ1v) is 7.80. The number of carbonyl (C=O) groups is 2. The Labute approximate surface area is 114 Å². The smallest absolute Gasteiger partial charge is 0.221 e. The predicted octanol–water partition coefficient (Wildman–Crippen LogP) is 1.49. The second-order valence-electron chi connectivity index (χ2n) is 6.30. The Kier molecular flexibility index (Phi) is 3.87. The van der Waals surface area contributed by atoms with Crippen molar-refractivity contribution >= 4 is 11.7 Å². The van der Waals surface area contributed by atoms with Crippen molar-refractivity contribution in [3.63, 3.8) is 0 Å². The molecule has 3 aliphatic rings. The average Bonchev–Trinajstić information content (AvgIpc) is 2.91. The maximum absolute atomic E-state index is 11.9. The highest BCUT2D eigenvalue weighted by Gasteiger charge is 2.37. The first-order chi connectivity index (χ1) is 9.24. The van der Waals surface area contributed by atoms with E-state index >= 15 is 0 Å². The topological polar surface area (TPSA) is 49.4 Å². The lowest BCUT2D eigenvalue weighted by atomic mass is 9.95. The van der Waals surface area contributed by atoms with Gasteiger partial charge in [-0.2, -0.15) is 0 Å². The van der Waals surface area contributed by atoms with Crippen LogP contribution in [-0.2, 0) is 9.59 Å². The van der Waals surface area contributed by atoms with E-state index in [1.54, 1.807) is 0 Å². The number of carbonyl (C=O) groups excluding carboxylic acids is 2. The Bertz CT molecular complexity index is 365. The summed E-state index contributed by atoms with van der Waals surface area (Å²) in [4.78, 5) is 26.0. The van der Waals surface area contributed by atoms with Crippen molar-refractivity contribution < 1.29 is 9.59 Å². The second-order valence-corrected chi connectivity index (χ2v) is 6.30. The summed E-state index contributed by atoms with van der Waals surface area (Å²) in [6, 6.07) is 0.877. The van der Waals surface area contributed by atoms with Crippen LogP contribution in [0.1, 0.15) is 51.4 Å². The molecule has 1 amide bonds. The fourth-order valence-corrected chi connectivity index (χ4v) is 3.61. The quantitative estimate of drug-likeness (QED) is 0.818. The van der Waals surface area contributed by atoms with Crippen LogP contribution in [0.15, 0.2) is 0 Å². The van der Waals surface area contributed by atoms with Gasteiger partial charge in [-0.3, -0.25) is 14.5 Å². The molecule has 3 fully saturated rings. The summed E-state index contributed by atoms with van der Waals surface area (Å²) in [6.45, 7) is 1.89. The van der Waals surface area contributed by atoms with Crippen molar-refractivity contribution in [1.29, 1.82) is 0 Å². The highest BCUT2D eigenvalue weighted by Crippen LogP contribution is 2.33. The fraction of sp³-hybridized carbons (Fsp3) is 0.867. The van der Waals surface area contributed by atoms with Gasteiger partial charge in [0.25, 0.3) is 0 Å². The zero-order chi connectivity index (χ0) is 13.2. The Hall–Kier alpha value is -0.900. The van der Waals surface area contributed by atoms with E-state index in [0.717, 1.165) is 51.6 Å². The zero-order valence-electron chi connectivity index (χ0n) is 11.6. The van der Waals surface area contributed by atoms with Crippen LogP contribution in [-0.4, -0.2) is 41.8 Å². The van der Waals surface area contributed by atoms with E-state index in [1.807, 2.05) is 0 Å². The molecule has 1 N–H and O–H groups in total. The first-order valence-electron chi connectivity index (χ1n) is 7.80. The minimum absolute atomic E-state index is 0.186. The van der Waals surface area contributed by atoms with E-state index in [4.69, 9.17) is 0 Å². The summed E-state index contributed by atoms with van der Waals surface area (Å²) in [5.41, 5.74) is 0. The van der Waals surface area contributed by atoms with Gasteiger partial charge in [-0.25, -0.2) is 0 Å². The summed E-state index contributed by atoms with van der Waals surface area (Å²) < 4.78 is 0. The zero-order valence-corrected chi connectivity index (χ0v) is 11.6. The Morgan fingerprint density at radius 2 is 2.05 bits per heavy atom. The van der Waals surface area contributed by atoms with Crippen LogP contribution in [0, 0.1) is 5.92 Å². The highest BCUT2D eigenvalue weighted by atomic mass is 16.1. The summed E-state index contributed by atoms with van der Waals surface area (Å²) in [5.74, 6) is 0.902. The lowest BCUT2D eigenvalue weighted by molar-refractivity contribution is -0.122. The molecule has 2 saturated carbocycles. The molecule has 0 aromatic heterocycles. The number of nitrogens with zero attached hydrogens (tertiary/aromatic N) is 1. The number of nitrogens with one attached hydrogen (secondary N) is 1. The van der Waals surface area contributed by atoms with Crippen molar-refractivity contribution in [3.8, 4) is 0 Å². The molecule has 0 spiro atoms. The van der Waals surface area contributed by atoms with Crippen LogP contribution in [0.5, 0.6) is 0 Å². The summed E-state index contributed by atoms with van der Waals surface area (Å²) >= 11 is 0. The minimum atomic E-state index is 0.186. The molecule has 3 rings (SSSR count). The van der Waals surface area contributed by atoms with Crippen molar-refractivity contribution in [2.24, 2.45) is 5.92 Å². The average molecular weight is 264 g/mol. The molecule has 1 aliphatic heterocycles. The molecular weight excluding hydrogens is 240 g/mol. The van der Waals surface area contributed by atoms with E-state index in [0.29, 0.717) is 24.3 Å². The van der Waals surface area contributed by atoms with Gasteiger partial charge in [-0.1, -0.05) is 0 Å². The third kappa shape index (κ3) is 3.16. The lowest BCUT2D eigenvalue weighted by Gasteiger charge is -2.28. The van der Waals surface area contributed by atoms with E-state index < -0.39 is 0 Å². The Balaban J connectivity index is 1.48. The van der Waals surface area contributed by atoms with E-state index in [1.165, 1.54) is 6.42 Å². The number of likely N-dealkylation sites (tertiary alicyclic amines) is 1. The SMILES string of the molecule is O=C(CCN1CCCC1C1CCCC1=O)NC1CC1. The van der Waals surface area contributed by atoms with E-state index in [2.05, 4.69) is 10.2 Å². The molecule has 2 atom stereocenters. The van der Waals surface area contributed by atoms with Crippen LogP contribution in [0.4, 0.5) is 0 Å². The van der Waals surface area contributed by atoms with Crippen molar-refractivity contribution in [2.75, 3.05) is 13.1 Å². The highest BCUT2D eigenvalue weighted by molar-refractivity contribution is 5.83. The fourth-order valence-electron chi connectivity index (χ4n) is 3.61. The largest absolute Gasteiger partial charge is 0.353 e. The monoisotopic (exact) mass is 264 g/mol. The summed E-state index contributed by atoms with van der Waals surface area (Å²) in [6.07, 6.45) is 8.11. The van der Waals surface area contributed by atoms with Gasteiger partial charge in [0.05, 0.1) is 0 Å². The molecule has 1 saturated heterocycles. The molecule has 0 aromatic rings. The van der Waals surface area contributed by atoms with Crippen LogP contribution in [0.2, 0.25) is 0 Å². The molecular formula is C15H24N2O2. The molecule has 1 heterocycles. The van der Waals surface area contributed by atoms with Crippen molar-refractivity contribution in [2.45, 2.75) is 63.5 Å². The maximum atomic E-state index is 11.9. The van der Waals surface area contributed by atoms with Gasteiger partial charge in [0.15, 0.2) is 0 Å². The standard InChI is InChI=1S/C15H24N2O2/c18-14-5-1-3-12(14)13-4-2-9-17(13)10-8-15(19)16-11-6-7-11/h11-13H,1-10H2,(H,16,19). The van der Waals surface area contributed by atoms with E-state index in [9.17, 15) is 9.59 Å². The van der Waals surface area contributed by atoms with Gasteiger partial charge in [-0.15, -0.1) is 0 Å². The molecule has 2 aliphatic carbocycles. The van der Waals surface area contributed by atoms with Crippen molar-refractivity contribution in [3.05, 3.63) is 0 Å². The molecule has 106 valence electrons. The summed E-state index contributed by atoms with van der Waals surface area (Å²) in [7, 11) is 0. The van der Waals surface area contributed by atoms with Crippen molar-refractivity contribution in [1.82, 2.24) is 10.2 Å². The van der Waals surface area contributed by atoms with Crippen LogP contribution in [0.25, 0.3) is 0 Å². The summed E-state index contributed by atoms with van der Waals surface area (Å²) in [5, 5.41) is 3.04. The van der Waals surface area contributed by atoms with Gasteiger partial charge in [0.1, 0.15) is 5.78 Å². The second kappa shape index (κ2) is 5.61. The van der Waals surface area contributed by atoms with Gasteiger partial charge in [0, 0.05) is 37.4 Å². The van der Waals surface area contributed by atoms with E-state index in [-0.39, 0.29) is 11.8 Å². The van der Waals surface area contributed by atoms with Gasteiger partial charge >= 0.3 is 0 Å². The Morgan fingerprint density at radius 1 is 1.21 bits per heavy atom. The molecule has 0 aromatic carbocycles. The Morgan fingerprint density at radius 3 is 2.74 bits per heavy atom. The lowest BCUT2D eigenvalue weighted by Crippen LogP contribution is -2.39. The molecule has 19 heavy (non-hydrogen) atoms. The van der Waals surface area contributed by atoms with Crippen LogP contribution >= 0.6 is 0 Å². The minimum Gasteiger partial charge on any atom is -0.353 e. The number of ketones is 1. The number of hydrogen-bond acceptors (Lipinski definition) is 3. The maximum Gasteiger partial charge on any atom is 0.221 e. The molecule has 4 heteroatoms. The number of Topliss-reactive ketones (excluding diaryl/α,β-unsaturated/α-hetero) is 1. The molecule has 2 unspecified atom stereocenters. The number of amides is 1.